The molecule has 1 rings (SSSR count). The van der Waals surface area contributed by atoms with Gasteiger partial charge in [0.1, 0.15) is 0 Å². The topological polar surface area (TPSA) is 52.6 Å². The number of nitrogens with one attached hydrogen (secondary N) is 1. The van der Waals surface area contributed by atoms with Crippen LogP contribution in [0.5, 0.6) is 0 Å². The third kappa shape index (κ3) is 5.55. The van der Waals surface area contributed by atoms with Crippen molar-refractivity contribution in [2.45, 2.75) is 32.0 Å². The second-order valence-electron chi connectivity index (χ2n) is 5.44. The van der Waals surface area contributed by atoms with Crippen molar-refractivity contribution in [3.63, 3.8) is 0 Å². The number of benzene rings is 1. The standard InChI is InChI=1S/C15H21F3N2O2/c1-10-5-4-6-12(7-10)11(2)8-19-14(22)20(3)9-13(21)15(16,17)18/h4-7,11,13,21H,8-9H2,1-3H3,(H,19,22)/t11-,13-/m0/s1. The first-order chi connectivity index (χ1) is 10.1. The van der Waals surface area contributed by atoms with Crippen LogP contribution in [0.2, 0.25) is 0 Å². The number of alkyl halides is 3. The van der Waals surface area contributed by atoms with Crippen LogP contribution in [0.4, 0.5) is 18.0 Å². The van der Waals surface area contributed by atoms with Crippen molar-refractivity contribution in [3.8, 4) is 0 Å². The summed E-state index contributed by atoms with van der Waals surface area (Å²) in [5.74, 6) is 0.0322. The number of carbonyl (C=O) groups is 1. The van der Waals surface area contributed by atoms with Crippen molar-refractivity contribution in [1.82, 2.24) is 10.2 Å². The number of halogens is 3. The highest BCUT2D eigenvalue weighted by Crippen LogP contribution is 2.20. The zero-order valence-corrected chi connectivity index (χ0v) is 12.8. The Morgan fingerprint density at radius 1 is 1.41 bits per heavy atom. The maximum Gasteiger partial charge on any atom is 0.416 e. The predicted molar refractivity (Wildman–Crippen MR) is 77.7 cm³/mol. The van der Waals surface area contributed by atoms with E-state index in [1.807, 2.05) is 38.1 Å². The van der Waals surface area contributed by atoms with E-state index in [-0.39, 0.29) is 5.92 Å². The SMILES string of the molecule is Cc1cccc([C@@H](C)CNC(=O)N(C)C[C@H](O)C(F)(F)F)c1. The number of carbonyl (C=O) groups excluding carboxylic acids is 1. The van der Waals surface area contributed by atoms with Gasteiger partial charge < -0.3 is 15.3 Å². The normalized spacial score (nSPS) is 14.3. The number of aryl methyl sites for hydroxylation is 1. The van der Waals surface area contributed by atoms with Gasteiger partial charge in [0, 0.05) is 13.6 Å². The van der Waals surface area contributed by atoms with Gasteiger partial charge in [0.25, 0.3) is 0 Å². The molecule has 0 radical (unpaired) electrons. The van der Waals surface area contributed by atoms with Gasteiger partial charge >= 0.3 is 12.2 Å². The van der Waals surface area contributed by atoms with Gasteiger partial charge in [-0.05, 0) is 18.4 Å². The van der Waals surface area contributed by atoms with Gasteiger partial charge in [0.05, 0.1) is 6.54 Å². The van der Waals surface area contributed by atoms with E-state index in [2.05, 4.69) is 5.32 Å². The minimum atomic E-state index is -4.73. The lowest BCUT2D eigenvalue weighted by molar-refractivity contribution is -0.205. The Balaban J connectivity index is 2.48. The number of hydrogen-bond acceptors (Lipinski definition) is 2. The summed E-state index contributed by atoms with van der Waals surface area (Å²) < 4.78 is 36.7. The van der Waals surface area contributed by atoms with E-state index in [4.69, 9.17) is 5.11 Å². The van der Waals surface area contributed by atoms with E-state index in [9.17, 15) is 18.0 Å². The first-order valence-corrected chi connectivity index (χ1v) is 6.91. The summed E-state index contributed by atoms with van der Waals surface area (Å²) in [6.45, 7) is 3.38. The molecule has 0 aliphatic carbocycles. The molecule has 0 heterocycles. The van der Waals surface area contributed by atoms with Gasteiger partial charge in [-0.2, -0.15) is 13.2 Å². The molecular formula is C15H21F3N2O2. The van der Waals surface area contributed by atoms with E-state index in [0.717, 1.165) is 16.0 Å². The zero-order valence-electron chi connectivity index (χ0n) is 12.8. The molecule has 0 unspecified atom stereocenters. The number of aliphatic hydroxyl groups is 1. The summed E-state index contributed by atoms with van der Waals surface area (Å²) in [6, 6.07) is 7.15. The second kappa shape index (κ2) is 7.49. The zero-order chi connectivity index (χ0) is 16.9. The number of hydrogen-bond donors (Lipinski definition) is 2. The van der Waals surface area contributed by atoms with Crippen molar-refractivity contribution in [3.05, 3.63) is 35.4 Å². The Hall–Kier alpha value is -1.76. The van der Waals surface area contributed by atoms with Gasteiger partial charge in [0.15, 0.2) is 6.10 Å². The molecule has 22 heavy (non-hydrogen) atoms. The second-order valence-corrected chi connectivity index (χ2v) is 5.44. The van der Waals surface area contributed by atoms with Crippen molar-refractivity contribution in [2.24, 2.45) is 0 Å². The molecule has 1 aromatic rings. The summed E-state index contributed by atoms with van der Waals surface area (Å²) in [5, 5.41) is 11.5. The molecular weight excluding hydrogens is 297 g/mol. The van der Waals surface area contributed by atoms with E-state index in [0.29, 0.717) is 6.54 Å². The van der Waals surface area contributed by atoms with Crippen molar-refractivity contribution >= 4 is 6.03 Å². The highest BCUT2D eigenvalue weighted by atomic mass is 19.4. The van der Waals surface area contributed by atoms with Gasteiger partial charge in [-0.15, -0.1) is 0 Å². The summed E-state index contributed by atoms with van der Waals surface area (Å²) in [7, 11) is 1.21. The lowest BCUT2D eigenvalue weighted by Gasteiger charge is -2.23. The third-order valence-corrected chi connectivity index (χ3v) is 3.34. The van der Waals surface area contributed by atoms with Crippen molar-refractivity contribution in [2.75, 3.05) is 20.1 Å². The first kappa shape index (κ1) is 18.3. The molecule has 7 heteroatoms. The molecule has 0 bridgehead atoms. The first-order valence-electron chi connectivity index (χ1n) is 6.91. The highest BCUT2D eigenvalue weighted by Gasteiger charge is 2.39. The average Bonchev–Trinajstić information content (AvgIpc) is 2.43. The molecule has 4 nitrogen and oxygen atoms in total. The monoisotopic (exact) mass is 318 g/mol. The molecule has 0 saturated carbocycles. The average molecular weight is 318 g/mol. The van der Waals surface area contributed by atoms with Crippen molar-refractivity contribution in [1.29, 1.82) is 0 Å². The van der Waals surface area contributed by atoms with Crippen LogP contribution in [-0.2, 0) is 0 Å². The summed E-state index contributed by atoms with van der Waals surface area (Å²) in [5.41, 5.74) is 2.14. The predicted octanol–water partition coefficient (Wildman–Crippen LogP) is 2.66. The number of urea groups is 1. The van der Waals surface area contributed by atoms with Crippen LogP contribution in [0.3, 0.4) is 0 Å². The number of rotatable bonds is 5. The van der Waals surface area contributed by atoms with Crippen LogP contribution >= 0.6 is 0 Å². The fourth-order valence-electron chi connectivity index (χ4n) is 1.92. The number of amides is 2. The van der Waals surface area contributed by atoms with Crippen LogP contribution in [0, 0.1) is 6.92 Å². The Kier molecular flexibility index (Phi) is 6.22. The van der Waals surface area contributed by atoms with E-state index >= 15 is 0 Å². The molecule has 124 valence electrons. The van der Waals surface area contributed by atoms with E-state index in [1.54, 1.807) is 0 Å². The van der Waals surface area contributed by atoms with Gasteiger partial charge in [-0.3, -0.25) is 0 Å². The molecule has 0 aromatic heterocycles. The summed E-state index contributed by atoms with van der Waals surface area (Å²) in [4.78, 5) is 12.6. The fraction of sp³-hybridized carbons (Fsp3) is 0.533. The molecule has 2 amide bonds. The molecule has 1 aromatic carbocycles. The third-order valence-electron chi connectivity index (χ3n) is 3.34. The highest BCUT2D eigenvalue weighted by molar-refractivity contribution is 5.73. The minimum absolute atomic E-state index is 0.0322. The quantitative estimate of drug-likeness (QED) is 0.877. The molecule has 0 aliphatic heterocycles. The number of aliphatic hydroxyl groups excluding tert-OH is 1. The van der Waals surface area contributed by atoms with Crippen LogP contribution < -0.4 is 5.32 Å². The lowest BCUT2D eigenvalue weighted by Crippen LogP contribution is -2.46. The molecule has 0 fully saturated rings. The Bertz CT molecular complexity index is 506. The largest absolute Gasteiger partial charge is 0.416 e. The van der Waals surface area contributed by atoms with Gasteiger partial charge in [-0.1, -0.05) is 36.8 Å². The molecule has 2 N–H and O–H groups in total. The van der Waals surface area contributed by atoms with Gasteiger partial charge in [0.2, 0.25) is 0 Å². The van der Waals surface area contributed by atoms with Crippen LogP contribution in [0.25, 0.3) is 0 Å². The van der Waals surface area contributed by atoms with E-state index < -0.39 is 24.9 Å². The van der Waals surface area contributed by atoms with Gasteiger partial charge in [-0.25, -0.2) is 4.79 Å². The number of likely N-dealkylation sites (N-methyl/N-ethyl adjacent to an activating group) is 1. The smallest absolute Gasteiger partial charge is 0.382 e. The lowest BCUT2D eigenvalue weighted by atomic mass is 9.99. The molecule has 0 spiro atoms. The van der Waals surface area contributed by atoms with Crippen molar-refractivity contribution < 1.29 is 23.1 Å². The molecule has 2 atom stereocenters. The van der Waals surface area contributed by atoms with Crippen LogP contribution in [0.1, 0.15) is 24.0 Å². The summed E-state index contributed by atoms with van der Waals surface area (Å²) in [6.07, 6.45) is -7.28. The molecule has 0 aliphatic rings. The summed E-state index contributed by atoms with van der Waals surface area (Å²) >= 11 is 0. The van der Waals surface area contributed by atoms with Crippen LogP contribution in [0.15, 0.2) is 24.3 Å². The number of nitrogens with zero attached hydrogens (tertiary/aromatic N) is 1. The maximum atomic E-state index is 12.2. The molecule has 0 saturated heterocycles. The van der Waals surface area contributed by atoms with E-state index in [1.165, 1.54) is 7.05 Å². The maximum absolute atomic E-state index is 12.2. The Morgan fingerprint density at radius 3 is 2.59 bits per heavy atom. The van der Waals surface area contributed by atoms with Crippen LogP contribution in [-0.4, -0.2) is 48.5 Å². The fourth-order valence-corrected chi connectivity index (χ4v) is 1.92. The minimum Gasteiger partial charge on any atom is -0.382 e. The Labute approximate surface area is 127 Å². The Morgan fingerprint density at radius 2 is 2.05 bits per heavy atom.